The second-order valence-electron chi connectivity index (χ2n) is 4.91. The average Bonchev–Trinajstić information content (AvgIpc) is 2.52. The first kappa shape index (κ1) is 14.8. The van der Waals surface area contributed by atoms with Crippen molar-refractivity contribution in [3.63, 3.8) is 0 Å². The summed E-state index contributed by atoms with van der Waals surface area (Å²) in [5.41, 5.74) is 1.26. The fourth-order valence-electron chi connectivity index (χ4n) is 2.09. The van der Waals surface area contributed by atoms with Crippen LogP contribution in [0.25, 0.3) is 0 Å². The van der Waals surface area contributed by atoms with Crippen LogP contribution in [0.5, 0.6) is 5.75 Å². The number of carbonyl (C=O) groups excluding carboxylic acids is 1. The molecule has 0 aromatic heterocycles. The Kier molecular flexibility index (Phi) is 5.83. The molecule has 20 heavy (non-hydrogen) atoms. The lowest BCUT2D eigenvalue weighted by Crippen LogP contribution is -2.48. The summed E-state index contributed by atoms with van der Waals surface area (Å²) in [5, 5.41) is 6.16. The highest BCUT2D eigenvalue weighted by Gasteiger charge is 2.10. The second kappa shape index (κ2) is 7.87. The van der Waals surface area contributed by atoms with Crippen molar-refractivity contribution in [2.45, 2.75) is 13.3 Å². The fourth-order valence-corrected chi connectivity index (χ4v) is 2.09. The van der Waals surface area contributed by atoms with Gasteiger partial charge in [0.2, 0.25) is 0 Å². The van der Waals surface area contributed by atoms with E-state index in [2.05, 4.69) is 22.5 Å². The Bertz CT molecular complexity index is 414. The summed E-state index contributed by atoms with van der Waals surface area (Å²) in [6.45, 7) is 6.68. The van der Waals surface area contributed by atoms with Crippen molar-refractivity contribution >= 4 is 5.91 Å². The van der Waals surface area contributed by atoms with E-state index in [1.165, 1.54) is 5.56 Å². The molecule has 1 aliphatic rings. The number of rotatable bonds is 6. The normalized spacial score (nSPS) is 15.8. The zero-order valence-corrected chi connectivity index (χ0v) is 12.0. The van der Waals surface area contributed by atoms with Crippen LogP contribution in [0.1, 0.15) is 12.5 Å². The Morgan fingerprint density at radius 3 is 2.65 bits per heavy atom. The van der Waals surface area contributed by atoms with Gasteiger partial charge in [-0.3, -0.25) is 9.69 Å². The molecule has 0 saturated carbocycles. The number of hydrogen-bond acceptors (Lipinski definition) is 4. The molecule has 0 spiro atoms. The van der Waals surface area contributed by atoms with Crippen LogP contribution in [-0.2, 0) is 11.2 Å². The van der Waals surface area contributed by atoms with Crippen molar-refractivity contribution in [1.82, 2.24) is 15.5 Å². The molecule has 0 unspecified atom stereocenters. The maximum Gasteiger partial charge on any atom is 0.258 e. The van der Waals surface area contributed by atoms with E-state index in [0.29, 0.717) is 6.67 Å². The number of nitrogens with zero attached hydrogens (tertiary/aromatic N) is 1. The van der Waals surface area contributed by atoms with Crippen LogP contribution in [0.3, 0.4) is 0 Å². The van der Waals surface area contributed by atoms with Crippen LogP contribution in [0.2, 0.25) is 0 Å². The van der Waals surface area contributed by atoms with Gasteiger partial charge in [-0.1, -0.05) is 19.1 Å². The zero-order valence-electron chi connectivity index (χ0n) is 12.0. The molecule has 0 bridgehead atoms. The van der Waals surface area contributed by atoms with Crippen molar-refractivity contribution in [1.29, 1.82) is 0 Å². The molecule has 2 rings (SSSR count). The molecule has 5 heteroatoms. The molecule has 5 nitrogen and oxygen atoms in total. The van der Waals surface area contributed by atoms with Crippen molar-refractivity contribution in [2.24, 2.45) is 0 Å². The summed E-state index contributed by atoms with van der Waals surface area (Å²) in [6.07, 6.45) is 1.01. The first-order chi connectivity index (χ1) is 9.78. The minimum atomic E-state index is -0.0805. The molecule has 1 aromatic rings. The highest BCUT2D eigenvalue weighted by molar-refractivity contribution is 5.77. The van der Waals surface area contributed by atoms with E-state index in [1.54, 1.807) is 0 Å². The van der Waals surface area contributed by atoms with E-state index < -0.39 is 0 Å². The number of piperazine rings is 1. The Labute approximate surface area is 120 Å². The predicted molar refractivity (Wildman–Crippen MR) is 78.8 cm³/mol. The van der Waals surface area contributed by atoms with E-state index in [4.69, 9.17) is 4.74 Å². The molecule has 1 amide bonds. The molecule has 1 heterocycles. The molecule has 0 radical (unpaired) electrons. The number of benzene rings is 1. The number of aryl methyl sites for hydroxylation is 1. The smallest absolute Gasteiger partial charge is 0.258 e. The predicted octanol–water partition coefficient (Wildman–Crippen LogP) is 0.607. The largest absolute Gasteiger partial charge is 0.484 e. The van der Waals surface area contributed by atoms with Crippen LogP contribution >= 0.6 is 0 Å². The number of nitrogens with one attached hydrogen (secondary N) is 2. The second-order valence-corrected chi connectivity index (χ2v) is 4.91. The van der Waals surface area contributed by atoms with Gasteiger partial charge in [-0.05, 0) is 24.1 Å². The lowest BCUT2D eigenvalue weighted by molar-refractivity contribution is -0.123. The molecular formula is C15H23N3O2. The summed E-state index contributed by atoms with van der Waals surface area (Å²) >= 11 is 0. The highest BCUT2D eigenvalue weighted by Crippen LogP contribution is 2.12. The lowest BCUT2D eigenvalue weighted by Gasteiger charge is -2.27. The zero-order chi connectivity index (χ0) is 14.2. The quantitative estimate of drug-likeness (QED) is 0.800. The molecule has 2 N–H and O–H groups in total. The third kappa shape index (κ3) is 4.83. The molecular weight excluding hydrogens is 254 g/mol. The third-order valence-electron chi connectivity index (χ3n) is 3.41. The van der Waals surface area contributed by atoms with Crippen molar-refractivity contribution < 1.29 is 9.53 Å². The lowest BCUT2D eigenvalue weighted by atomic mass is 10.2. The van der Waals surface area contributed by atoms with Gasteiger partial charge < -0.3 is 15.4 Å². The van der Waals surface area contributed by atoms with E-state index in [0.717, 1.165) is 38.3 Å². The van der Waals surface area contributed by atoms with E-state index in [1.807, 2.05) is 24.3 Å². The Balaban J connectivity index is 1.66. The topological polar surface area (TPSA) is 53.6 Å². The first-order valence-electron chi connectivity index (χ1n) is 7.19. The molecule has 0 atom stereocenters. The fraction of sp³-hybridized carbons (Fsp3) is 0.533. The summed E-state index contributed by atoms with van der Waals surface area (Å²) < 4.78 is 5.46. The molecule has 1 aliphatic heterocycles. The monoisotopic (exact) mass is 277 g/mol. The maximum absolute atomic E-state index is 11.7. The van der Waals surface area contributed by atoms with Crippen molar-refractivity contribution in [3.05, 3.63) is 29.8 Å². The first-order valence-corrected chi connectivity index (χ1v) is 7.19. The van der Waals surface area contributed by atoms with E-state index in [9.17, 15) is 4.79 Å². The number of hydrogen-bond donors (Lipinski definition) is 2. The SMILES string of the molecule is CCc1ccc(OCC(=O)NCN2CCNCC2)cc1. The highest BCUT2D eigenvalue weighted by atomic mass is 16.5. The van der Waals surface area contributed by atoms with Crippen LogP contribution in [-0.4, -0.2) is 50.3 Å². The van der Waals surface area contributed by atoms with Crippen LogP contribution < -0.4 is 15.4 Å². The molecule has 110 valence electrons. The minimum absolute atomic E-state index is 0.0670. The van der Waals surface area contributed by atoms with Gasteiger partial charge in [-0.25, -0.2) is 0 Å². The minimum Gasteiger partial charge on any atom is -0.484 e. The summed E-state index contributed by atoms with van der Waals surface area (Å²) in [7, 11) is 0. The maximum atomic E-state index is 11.7. The standard InChI is InChI=1S/C15H23N3O2/c1-2-13-3-5-14(6-4-13)20-11-15(19)17-12-18-9-7-16-8-10-18/h3-6,16H,2,7-12H2,1H3,(H,17,19). The van der Waals surface area contributed by atoms with Gasteiger partial charge >= 0.3 is 0 Å². The molecule has 1 saturated heterocycles. The summed E-state index contributed by atoms with van der Waals surface area (Å²) in [5.74, 6) is 0.655. The number of ether oxygens (including phenoxy) is 1. The van der Waals surface area contributed by atoms with Gasteiger partial charge in [0.05, 0.1) is 6.67 Å². The van der Waals surface area contributed by atoms with Gasteiger partial charge in [0.25, 0.3) is 5.91 Å². The van der Waals surface area contributed by atoms with E-state index in [-0.39, 0.29) is 12.5 Å². The molecule has 1 fully saturated rings. The number of carbonyl (C=O) groups is 1. The van der Waals surface area contributed by atoms with Gasteiger partial charge in [0.1, 0.15) is 5.75 Å². The van der Waals surface area contributed by atoms with Gasteiger partial charge in [0.15, 0.2) is 6.61 Å². The summed E-state index contributed by atoms with van der Waals surface area (Å²) in [6, 6.07) is 7.85. The molecule has 1 aromatic carbocycles. The Morgan fingerprint density at radius 1 is 1.30 bits per heavy atom. The van der Waals surface area contributed by atoms with Crippen LogP contribution in [0.15, 0.2) is 24.3 Å². The Morgan fingerprint density at radius 2 is 2.00 bits per heavy atom. The Hall–Kier alpha value is -1.59. The summed E-state index contributed by atoms with van der Waals surface area (Å²) in [4.78, 5) is 13.9. The average molecular weight is 277 g/mol. The van der Waals surface area contributed by atoms with Crippen LogP contribution in [0.4, 0.5) is 0 Å². The third-order valence-corrected chi connectivity index (χ3v) is 3.41. The van der Waals surface area contributed by atoms with Crippen molar-refractivity contribution in [3.8, 4) is 5.75 Å². The molecule has 0 aliphatic carbocycles. The van der Waals surface area contributed by atoms with Gasteiger partial charge in [-0.15, -0.1) is 0 Å². The van der Waals surface area contributed by atoms with Crippen LogP contribution in [0, 0.1) is 0 Å². The van der Waals surface area contributed by atoms with Gasteiger partial charge in [-0.2, -0.15) is 0 Å². The van der Waals surface area contributed by atoms with Gasteiger partial charge in [0, 0.05) is 26.2 Å². The number of amides is 1. The van der Waals surface area contributed by atoms with E-state index >= 15 is 0 Å². The van der Waals surface area contributed by atoms with Crippen molar-refractivity contribution in [2.75, 3.05) is 39.5 Å².